The van der Waals surface area contributed by atoms with Crippen LogP contribution in [-0.4, -0.2) is 35.1 Å². The number of hydrogen-bond acceptors (Lipinski definition) is 3. The number of likely N-dealkylation sites (tertiary alicyclic amines) is 1. The van der Waals surface area contributed by atoms with Gasteiger partial charge in [0.15, 0.2) is 5.84 Å². The molecule has 108 valence electrons. The van der Waals surface area contributed by atoms with Gasteiger partial charge in [-0.2, -0.15) is 0 Å². The van der Waals surface area contributed by atoms with E-state index in [0.717, 1.165) is 25.9 Å². The number of carbonyl (C=O) groups is 1. The number of nitrogens with zero attached hydrogens (tertiary/aromatic N) is 2. The van der Waals surface area contributed by atoms with Gasteiger partial charge in [0.05, 0.1) is 5.69 Å². The van der Waals surface area contributed by atoms with Crippen LogP contribution in [0.2, 0.25) is 0 Å². The zero-order valence-corrected chi connectivity index (χ0v) is 11.5. The molecule has 1 aromatic carbocycles. The first-order chi connectivity index (χ1) is 9.61. The standard InChI is InChI=1S/C14H20N4O2/c1-10-6-8-18(9-7-10)14(19)16-12-5-3-2-4-11(12)13(15)17-20/h2-5,10,20H,6-9H2,1H3,(H2,15,17)(H,16,19). The number of urea groups is 1. The fourth-order valence-corrected chi connectivity index (χ4v) is 2.28. The summed E-state index contributed by atoms with van der Waals surface area (Å²) in [5.41, 5.74) is 6.66. The van der Waals surface area contributed by atoms with Crippen molar-refractivity contribution in [3.8, 4) is 0 Å². The topological polar surface area (TPSA) is 91.0 Å². The van der Waals surface area contributed by atoms with Gasteiger partial charge < -0.3 is 21.2 Å². The predicted octanol–water partition coefficient (Wildman–Crippen LogP) is 2.04. The average Bonchev–Trinajstić information content (AvgIpc) is 2.47. The Hall–Kier alpha value is -2.24. The minimum atomic E-state index is -0.143. The molecule has 0 saturated carbocycles. The SMILES string of the molecule is CC1CCN(C(=O)Nc2ccccc2C(N)=NO)CC1. The number of rotatable bonds is 2. The Morgan fingerprint density at radius 3 is 2.70 bits per heavy atom. The number of amidine groups is 1. The Balaban J connectivity index is 2.08. The molecule has 2 amide bonds. The number of hydrogen-bond donors (Lipinski definition) is 3. The van der Waals surface area contributed by atoms with Gasteiger partial charge >= 0.3 is 6.03 Å². The van der Waals surface area contributed by atoms with Gasteiger partial charge in [-0.3, -0.25) is 0 Å². The molecule has 1 saturated heterocycles. The van der Waals surface area contributed by atoms with Crippen LogP contribution < -0.4 is 11.1 Å². The Labute approximate surface area is 118 Å². The predicted molar refractivity (Wildman–Crippen MR) is 77.9 cm³/mol. The fraction of sp³-hybridized carbons (Fsp3) is 0.429. The minimum absolute atomic E-state index is 0.0202. The number of anilines is 1. The Kier molecular flexibility index (Phi) is 4.45. The quantitative estimate of drug-likeness (QED) is 0.334. The highest BCUT2D eigenvalue weighted by molar-refractivity contribution is 6.05. The van der Waals surface area contributed by atoms with Crippen LogP contribution in [0.25, 0.3) is 0 Å². The van der Waals surface area contributed by atoms with Gasteiger partial charge in [-0.15, -0.1) is 0 Å². The molecule has 1 aliphatic heterocycles. The number of benzene rings is 1. The van der Waals surface area contributed by atoms with E-state index in [1.54, 1.807) is 29.2 Å². The molecule has 1 aromatic rings. The zero-order chi connectivity index (χ0) is 14.5. The number of para-hydroxylation sites is 1. The second-order valence-electron chi connectivity index (χ2n) is 5.13. The summed E-state index contributed by atoms with van der Waals surface area (Å²) in [5.74, 6) is 0.650. The average molecular weight is 276 g/mol. The summed E-state index contributed by atoms with van der Waals surface area (Å²) < 4.78 is 0. The molecule has 0 unspecified atom stereocenters. The van der Waals surface area contributed by atoms with E-state index >= 15 is 0 Å². The van der Waals surface area contributed by atoms with Gasteiger partial charge in [0, 0.05) is 18.7 Å². The molecule has 0 spiro atoms. The third kappa shape index (κ3) is 3.20. The van der Waals surface area contributed by atoms with Gasteiger partial charge in [0.25, 0.3) is 0 Å². The fourth-order valence-electron chi connectivity index (χ4n) is 2.28. The summed E-state index contributed by atoms with van der Waals surface area (Å²) in [4.78, 5) is 14.0. The lowest BCUT2D eigenvalue weighted by molar-refractivity contribution is 0.186. The molecule has 1 fully saturated rings. The number of oxime groups is 1. The maximum absolute atomic E-state index is 12.2. The maximum atomic E-state index is 12.2. The maximum Gasteiger partial charge on any atom is 0.321 e. The third-order valence-electron chi connectivity index (χ3n) is 3.62. The summed E-state index contributed by atoms with van der Waals surface area (Å²) in [6, 6.07) is 6.85. The Morgan fingerprint density at radius 1 is 1.40 bits per heavy atom. The Morgan fingerprint density at radius 2 is 2.05 bits per heavy atom. The monoisotopic (exact) mass is 276 g/mol. The molecular formula is C14H20N4O2. The summed E-state index contributed by atoms with van der Waals surface area (Å²) in [5, 5.41) is 14.6. The third-order valence-corrected chi connectivity index (χ3v) is 3.62. The van der Waals surface area contributed by atoms with Gasteiger partial charge in [0.1, 0.15) is 0 Å². The molecule has 0 atom stereocenters. The molecule has 2 rings (SSSR count). The molecule has 0 aromatic heterocycles. The van der Waals surface area contributed by atoms with Crippen molar-refractivity contribution in [3.63, 3.8) is 0 Å². The van der Waals surface area contributed by atoms with Crippen LogP contribution in [0.3, 0.4) is 0 Å². The van der Waals surface area contributed by atoms with Crippen LogP contribution in [0.4, 0.5) is 10.5 Å². The first-order valence-electron chi connectivity index (χ1n) is 6.74. The van der Waals surface area contributed by atoms with Crippen molar-refractivity contribution in [2.24, 2.45) is 16.8 Å². The van der Waals surface area contributed by atoms with E-state index in [1.807, 2.05) is 0 Å². The van der Waals surface area contributed by atoms with E-state index < -0.39 is 0 Å². The number of piperidine rings is 1. The highest BCUT2D eigenvalue weighted by Crippen LogP contribution is 2.19. The summed E-state index contributed by atoms with van der Waals surface area (Å²) >= 11 is 0. The minimum Gasteiger partial charge on any atom is -0.409 e. The van der Waals surface area contributed by atoms with E-state index in [9.17, 15) is 4.79 Å². The molecule has 20 heavy (non-hydrogen) atoms. The second-order valence-corrected chi connectivity index (χ2v) is 5.13. The molecule has 6 nitrogen and oxygen atoms in total. The van der Waals surface area contributed by atoms with Gasteiger partial charge in [0.2, 0.25) is 0 Å². The van der Waals surface area contributed by atoms with Crippen molar-refractivity contribution in [1.29, 1.82) is 0 Å². The summed E-state index contributed by atoms with van der Waals surface area (Å²) in [6.45, 7) is 3.72. The molecule has 6 heteroatoms. The van der Waals surface area contributed by atoms with Crippen molar-refractivity contribution in [2.75, 3.05) is 18.4 Å². The van der Waals surface area contributed by atoms with Crippen LogP contribution in [0.1, 0.15) is 25.3 Å². The largest absolute Gasteiger partial charge is 0.409 e. The van der Waals surface area contributed by atoms with Gasteiger partial charge in [-0.05, 0) is 30.9 Å². The lowest BCUT2D eigenvalue weighted by Gasteiger charge is -2.30. The van der Waals surface area contributed by atoms with Crippen molar-refractivity contribution < 1.29 is 10.0 Å². The molecule has 4 N–H and O–H groups in total. The van der Waals surface area contributed by atoms with Crippen LogP contribution in [0, 0.1) is 5.92 Å². The Bertz CT molecular complexity index is 508. The van der Waals surface area contributed by atoms with Gasteiger partial charge in [-0.25, -0.2) is 4.79 Å². The molecule has 0 aliphatic carbocycles. The number of carbonyl (C=O) groups excluding carboxylic acids is 1. The number of nitrogens with one attached hydrogen (secondary N) is 1. The molecule has 1 aliphatic rings. The number of nitrogens with two attached hydrogens (primary N) is 1. The van der Waals surface area contributed by atoms with E-state index in [0.29, 0.717) is 17.2 Å². The van der Waals surface area contributed by atoms with Crippen LogP contribution in [0.5, 0.6) is 0 Å². The smallest absolute Gasteiger partial charge is 0.321 e. The van der Waals surface area contributed by atoms with E-state index in [-0.39, 0.29) is 11.9 Å². The lowest BCUT2D eigenvalue weighted by Crippen LogP contribution is -2.40. The molecular weight excluding hydrogens is 256 g/mol. The first-order valence-corrected chi connectivity index (χ1v) is 6.74. The van der Waals surface area contributed by atoms with Crippen LogP contribution >= 0.6 is 0 Å². The second kappa shape index (κ2) is 6.27. The highest BCUT2D eigenvalue weighted by atomic mass is 16.4. The zero-order valence-electron chi connectivity index (χ0n) is 11.5. The van der Waals surface area contributed by atoms with E-state index in [2.05, 4.69) is 17.4 Å². The van der Waals surface area contributed by atoms with Crippen molar-refractivity contribution >= 4 is 17.6 Å². The van der Waals surface area contributed by atoms with Crippen LogP contribution in [-0.2, 0) is 0 Å². The normalized spacial score (nSPS) is 17.1. The molecule has 1 heterocycles. The highest BCUT2D eigenvalue weighted by Gasteiger charge is 2.21. The summed E-state index contributed by atoms with van der Waals surface area (Å²) in [6.07, 6.45) is 2.05. The van der Waals surface area contributed by atoms with Crippen molar-refractivity contribution in [2.45, 2.75) is 19.8 Å². The van der Waals surface area contributed by atoms with Gasteiger partial charge in [-0.1, -0.05) is 24.2 Å². The van der Waals surface area contributed by atoms with Crippen molar-refractivity contribution in [1.82, 2.24) is 4.90 Å². The lowest BCUT2D eigenvalue weighted by atomic mass is 10.00. The molecule has 0 radical (unpaired) electrons. The van der Waals surface area contributed by atoms with E-state index in [4.69, 9.17) is 10.9 Å². The summed E-state index contributed by atoms with van der Waals surface area (Å²) in [7, 11) is 0. The first kappa shape index (κ1) is 14.2. The molecule has 0 bridgehead atoms. The number of amides is 2. The van der Waals surface area contributed by atoms with E-state index in [1.165, 1.54) is 0 Å². The van der Waals surface area contributed by atoms with Crippen molar-refractivity contribution in [3.05, 3.63) is 29.8 Å². The van der Waals surface area contributed by atoms with Crippen LogP contribution in [0.15, 0.2) is 29.4 Å².